The van der Waals surface area contributed by atoms with Crippen molar-refractivity contribution in [1.29, 1.82) is 0 Å². The van der Waals surface area contributed by atoms with E-state index in [9.17, 15) is 4.79 Å². The lowest BCUT2D eigenvalue weighted by Gasteiger charge is -2.12. The number of aryl methyl sites for hydroxylation is 1. The van der Waals surface area contributed by atoms with Crippen LogP contribution in [0.2, 0.25) is 0 Å². The maximum atomic E-state index is 12.5. The minimum absolute atomic E-state index is 0.263. The van der Waals surface area contributed by atoms with E-state index < -0.39 is 0 Å². The molecule has 0 aliphatic heterocycles. The van der Waals surface area contributed by atoms with Crippen molar-refractivity contribution in [2.45, 2.75) is 13.3 Å². The molecule has 2 aromatic carbocycles. The van der Waals surface area contributed by atoms with Gasteiger partial charge in [-0.1, -0.05) is 29.8 Å². The van der Waals surface area contributed by atoms with Crippen molar-refractivity contribution in [2.75, 3.05) is 18.4 Å². The molecule has 1 amide bonds. The third kappa shape index (κ3) is 4.10. The fraction of sp³-hybridized carbons (Fsp3) is 0.211. The Bertz CT molecular complexity index is 877. The molecule has 1 heterocycles. The first-order valence-electron chi connectivity index (χ1n) is 8.26. The van der Waals surface area contributed by atoms with Gasteiger partial charge in [-0.15, -0.1) is 0 Å². The molecule has 4 N–H and O–H groups in total. The Hall–Kier alpha value is -2.99. The number of carbonyl (C=O) groups is 1. The first-order chi connectivity index (χ1) is 12.2. The molecule has 0 atom stereocenters. The standard InChI is InChI=1S/C19H21N5O/c1-13-7-9-14(10-8-13)22-18-17(19(25)21-12-4-11-20)23-15-5-2-3-6-16(15)24-18/h2-3,5-10H,4,11-12,20H2,1H3,(H,21,25)(H,22,24). The van der Waals surface area contributed by atoms with Crippen LogP contribution in [0.5, 0.6) is 0 Å². The number of rotatable bonds is 6. The van der Waals surface area contributed by atoms with E-state index in [2.05, 4.69) is 20.6 Å². The van der Waals surface area contributed by atoms with Crippen molar-refractivity contribution >= 4 is 28.4 Å². The van der Waals surface area contributed by atoms with Crippen LogP contribution in [0, 0.1) is 6.92 Å². The van der Waals surface area contributed by atoms with Gasteiger partial charge in [-0.2, -0.15) is 0 Å². The predicted molar refractivity (Wildman–Crippen MR) is 100 cm³/mol. The predicted octanol–water partition coefficient (Wildman–Crippen LogP) is 2.76. The number of hydrogen-bond donors (Lipinski definition) is 3. The number of para-hydroxylation sites is 2. The van der Waals surface area contributed by atoms with E-state index >= 15 is 0 Å². The van der Waals surface area contributed by atoms with Crippen molar-refractivity contribution in [2.24, 2.45) is 5.73 Å². The molecule has 0 fully saturated rings. The molecule has 0 spiro atoms. The van der Waals surface area contributed by atoms with Crippen LogP contribution in [-0.4, -0.2) is 29.0 Å². The molecule has 1 aromatic heterocycles. The van der Waals surface area contributed by atoms with Gasteiger partial charge in [0.15, 0.2) is 11.5 Å². The summed E-state index contributed by atoms with van der Waals surface area (Å²) in [7, 11) is 0. The lowest BCUT2D eigenvalue weighted by atomic mass is 10.2. The topological polar surface area (TPSA) is 92.9 Å². The normalized spacial score (nSPS) is 10.6. The molecule has 0 radical (unpaired) electrons. The van der Waals surface area contributed by atoms with Crippen LogP contribution >= 0.6 is 0 Å². The fourth-order valence-corrected chi connectivity index (χ4v) is 2.41. The minimum Gasteiger partial charge on any atom is -0.351 e. The highest BCUT2D eigenvalue weighted by molar-refractivity contribution is 5.99. The van der Waals surface area contributed by atoms with Crippen molar-refractivity contribution in [3.05, 3.63) is 59.8 Å². The molecule has 0 aliphatic rings. The first kappa shape index (κ1) is 16.9. The number of anilines is 2. The number of nitrogens with two attached hydrogens (primary N) is 1. The molecule has 128 valence electrons. The van der Waals surface area contributed by atoms with E-state index in [4.69, 9.17) is 5.73 Å². The summed E-state index contributed by atoms with van der Waals surface area (Å²) in [5.74, 6) is 0.175. The summed E-state index contributed by atoms with van der Waals surface area (Å²) >= 11 is 0. The molecule has 25 heavy (non-hydrogen) atoms. The van der Waals surface area contributed by atoms with Gasteiger partial charge < -0.3 is 16.4 Å². The van der Waals surface area contributed by atoms with E-state index in [1.165, 1.54) is 0 Å². The van der Waals surface area contributed by atoms with Gasteiger partial charge in [-0.3, -0.25) is 4.79 Å². The number of carbonyl (C=O) groups excluding carboxylic acids is 1. The molecule has 6 nitrogen and oxygen atoms in total. The zero-order valence-electron chi connectivity index (χ0n) is 14.1. The van der Waals surface area contributed by atoms with Crippen molar-refractivity contribution in [3.63, 3.8) is 0 Å². The third-order valence-corrected chi connectivity index (χ3v) is 3.77. The summed E-state index contributed by atoms with van der Waals surface area (Å²) in [5.41, 5.74) is 9.18. The number of fused-ring (bicyclic) bond motifs is 1. The van der Waals surface area contributed by atoms with E-state index in [0.717, 1.165) is 16.8 Å². The summed E-state index contributed by atoms with van der Waals surface area (Å²) in [6, 6.07) is 15.4. The minimum atomic E-state index is -0.263. The van der Waals surface area contributed by atoms with Crippen LogP contribution in [0.3, 0.4) is 0 Å². The highest BCUT2D eigenvalue weighted by Gasteiger charge is 2.16. The summed E-state index contributed by atoms with van der Waals surface area (Å²) in [5, 5.41) is 6.04. The largest absolute Gasteiger partial charge is 0.351 e. The summed E-state index contributed by atoms with van der Waals surface area (Å²) in [6.07, 6.45) is 0.716. The van der Waals surface area contributed by atoms with Gasteiger partial charge in [-0.05, 0) is 44.2 Å². The zero-order chi connectivity index (χ0) is 17.6. The molecular weight excluding hydrogens is 314 g/mol. The van der Waals surface area contributed by atoms with Crippen LogP contribution in [0.4, 0.5) is 11.5 Å². The second kappa shape index (κ2) is 7.72. The van der Waals surface area contributed by atoms with E-state index in [1.807, 2.05) is 55.5 Å². The van der Waals surface area contributed by atoms with Crippen molar-refractivity contribution in [1.82, 2.24) is 15.3 Å². The zero-order valence-corrected chi connectivity index (χ0v) is 14.1. The molecular formula is C19H21N5O. The lowest BCUT2D eigenvalue weighted by molar-refractivity contribution is 0.0949. The Morgan fingerprint density at radius 2 is 1.72 bits per heavy atom. The second-order valence-corrected chi connectivity index (χ2v) is 5.80. The molecule has 0 bridgehead atoms. The SMILES string of the molecule is Cc1ccc(Nc2nc3ccccc3nc2C(=O)NCCCN)cc1. The quantitative estimate of drug-likeness (QED) is 0.602. The Labute approximate surface area is 146 Å². The Kier molecular flexibility index (Phi) is 5.20. The number of hydrogen-bond acceptors (Lipinski definition) is 5. The highest BCUT2D eigenvalue weighted by atomic mass is 16.1. The Morgan fingerprint density at radius 1 is 1.04 bits per heavy atom. The Balaban J connectivity index is 1.96. The van der Waals surface area contributed by atoms with Crippen LogP contribution in [0.1, 0.15) is 22.5 Å². The van der Waals surface area contributed by atoms with E-state index in [0.29, 0.717) is 30.8 Å². The summed E-state index contributed by atoms with van der Waals surface area (Å²) < 4.78 is 0. The monoisotopic (exact) mass is 335 g/mol. The van der Waals surface area contributed by atoms with E-state index in [-0.39, 0.29) is 11.6 Å². The van der Waals surface area contributed by atoms with Crippen LogP contribution in [0.15, 0.2) is 48.5 Å². The molecule has 3 rings (SSSR count). The summed E-state index contributed by atoms with van der Waals surface area (Å²) in [4.78, 5) is 21.6. The Morgan fingerprint density at radius 3 is 2.40 bits per heavy atom. The average Bonchev–Trinajstić information content (AvgIpc) is 2.63. The van der Waals surface area contributed by atoms with Gasteiger partial charge in [-0.25, -0.2) is 9.97 Å². The van der Waals surface area contributed by atoms with Gasteiger partial charge in [0.1, 0.15) is 0 Å². The maximum absolute atomic E-state index is 12.5. The third-order valence-electron chi connectivity index (χ3n) is 3.77. The van der Waals surface area contributed by atoms with Crippen molar-refractivity contribution < 1.29 is 4.79 Å². The van der Waals surface area contributed by atoms with Crippen LogP contribution < -0.4 is 16.4 Å². The van der Waals surface area contributed by atoms with Crippen LogP contribution in [0.25, 0.3) is 11.0 Å². The number of benzene rings is 2. The lowest BCUT2D eigenvalue weighted by Crippen LogP contribution is -2.27. The first-order valence-corrected chi connectivity index (χ1v) is 8.26. The van der Waals surface area contributed by atoms with Gasteiger partial charge in [0.25, 0.3) is 5.91 Å². The fourth-order valence-electron chi connectivity index (χ4n) is 2.41. The molecule has 0 saturated heterocycles. The molecule has 6 heteroatoms. The average molecular weight is 335 g/mol. The van der Waals surface area contributed by atoms with E-state index in [1.54, 1.807) is 0 Å². The molecule has 0 unspecified atom stereocenters. The van der Waals surface area contributed by atoms with Gasteiger partial charge in [0.2, 0.25) is 0 Å². The number of aromatic nitrogens is 2. The van der Waals surface area contributed by atoms with Gasteiger partial charge in [0, 0.05) is 12.2 Å². The maximum Gasteiger partial charge on any atom is 0.273 e. The van der Waals surface area contributed by atoms with Crippen molar-refractivity contribution in [3.8, 4) is 0 Å². The summed E-state index contributed by atoms with van der Waals surface area (Å²) in [6.45, 7) is 3.06. The molecule has 3 aromatic rings. The van der Waals surface area contributed by atoms with Gasteiger partial charge in [0.05, 0.1) is 11.0 Å². The number of nitrogens with one attached hydrogen (secondary N) is 2. The smallest absolute Gasteiger partial charge is 0.273 e. The molecule has 0 aliphatic carbocycles. The molecule has 0 saturated carbocycles. The highest BCUT2D eigenvalue weighted by Crippen LogP contribution is 2.21. The van der Waals surface area contributed by atoms with Crippen LogP contribution in [-0.2, 0) is 0 Å². The number of nitrogens with zero attached hydrogens (tertiary/aromatic N) is 2. The number of amides is 1. The second-order valence-electron chi connectivity index (χ2n) is 5.80. The van der Waals surface area contributed by atoms with Gasteiger partial charge >= 0.3 is 0 Å².